The van der Waals surface area contributed by atoms with E-state index in [4.69, 9.17) is 0 Å². The Morgan fingerprint density at radius 1 is 1.25 bits per heavy atom. The van der Waals surface area contributed by atoms with E-state index >= 15 is 0 Å². The lowest BCUT2D eigenvalue weighted by Gasteiger charge is -2.35. The quantitative estimate of drug-likeness (QED) is 0.855. The van der Waals surface area contributed by atoms with Gasteiger partial charge in [-0.15, -0.1) is 29.9 Å². The van der Waals surface area contributed by atoms with Gasteiger partial charge in [0.25, 0.3) is 5.91 Å². The van der Waals surface area contributed by atoms with Crippen LogP contribution in [0.4, 0.5) is 0 Å². The highest BCUT2D eigenvalue weighted by molar-refractivity contribution is 5.92. The van der Waals surface area contributed by atoms with Gasteiger partial charge in [-0.2, -0.15) is 0 Å². The molecule has 3 heterocycles. The van der Waals surface area contributed by atoms with Gasteiger partial charge >= 0.3 is 0 Å². The Balaban J connectivity index is 0.00000144. The fourth-order valence-corrected chi connectivity index (χ4v) is 3.35. The highest BCUT2D eigenvalue weighted by atomic mass is 35.5. The van der Waals surface area contributed by atoms with E-state index in [9.17, 15) is 4.79 Å². The molecule has 2 aliphatic heterocycles. The second-order valence-corrected chi connectivity index (χ2v) is 6.58. The fraction of sp³-hybridized carbons (Fsp3) is 0.800. The van der Waals surface area contributed by atoms with E-state index in [0.29, 0.717) is 17.8 Å². The molecular formula is C15H28Cl2N6O. The molecule has 1 atom stereocenters. The summed E-state index contributed by atoms with van der Waals surface area (Å²) < 4.78 is 1.88. The van der Waals surface area contributed by atoms with Crippen LogP contribution < -0.4 is 5.32 Å². The lowest BCUT2D eigenvalue weighted by Crippen LogP contribution is -2.47. The first-order valence-electron chi connectivity index (χ1n) is 8.23. The molecule has 2 saturated heterocycles. The van der Waals surface area contributed by atoms with Crippen molar-refractivity contribution in [3.63, 3.8) is 0 Å². The minimum absolute atomic E-state index is 0. The zero-order valence-electron chi connectivity index (χ0n) is 14.3. The third-order valence-electron chi connectivity index (χ3n) is 4.83. The predicted molar refractivity (Wildman–Crippen MR) is 98.3 cm³/mol. The number of aromatic nitrogens is 3. The molecule has 2 aliphatic rings. The minimum Gasteiger partial charge on any atom is -0.336 e. The van der Waals surface area contributed by atoms with Crippen molar-refractivity contribution in [2.75, 3.05) is 40.3 Å². The highest BCUT2D eigenvalue weighted by Gasteiger charge is 2.27. The van der Waals surface area contributed by atoms with Gasteiger partial charge in [0.1, 0.15) is 0 Å². The molecule has 138 valence electrons. The number of amides is 1. The molecule has 2 fully saturated rings. The van der Waals surface area contributed by atoms with Crippen molar-refractivity contribution in [3.05, 3.63) is 11.9 Å². The molecule has 1 aromatic rings. The van der Waals surface area contributed by atoms with Gasteiger partial charge in [0.05, 0.1) is 12.2 Å². The first-order chi connectivity index (χ1) is 10.6. The van der Waals surface area contributed by atoms with Crippen LogP contribution in [-0.2, 0) is 0 Å². The monoisotopic (exact) mass is 378 g/mol. The summed E-state index contributed by atoms with van der Waals surface area (Å²) in [6.07, 6.45) is 6.12. The normalized spacial score (nSPS) is 22.0. The zero-order chi connectivity index (χ0) is 15.5. The SMILES string of the molecule is CN(C)C1CCCN(C(=O)c2cn(C3CCNCC3)nn2)C1.Cl.Cl. The van der Waals surface area contributed by atoms with E-state index in [1.807, 2.05) is 15.8 Å². The van der Waals surface area contributed by atoms with E-state index in [1.54, 1.807) is 0 Å². The maximum absolute atomic E-state index is 12.6. The summed E-state index contributed by atoms with van der Waals surface area (Å²) in [5.41, 5.74) is 0.484. The summed E-state index contributed by atoms with van der Waals surface area (Å²) in [6.45, 7) is 3.62. The van der Waals surface area contributed by atoms with Crippen molar-refractivity contribution in [2.45, 2.75) is 37.8 Å². The van der Waals surface area contributed by atoms with Gasteiger partial charge in [0, 0.05) is 19.1 Å². The third-order valence-corrected chi connectivity index (χ3v) is 4.83. The van der Waals surface area contributed by atoms with Crippen LogP contribution in [0, 0.1) is 0 Å². The van der Waals surface area contributed by atoms with Gasteiger partial charge < -0.3 is 15.1 Å². The summed E-state index contributed by atoms with van der Waals surface area (Å²) in [4.78, 5) is 16.8. The Morgan fingerprint density at radius 2 is 1.96 bits per heavy atom. The number of likely N-dealkylation sites (N-methyl/N-ethyl adjacent to an activating group) is 1. The molecule has 1 N–H and O–H groups in total. The molecular weight excluding hydrogens is 351 g/mol. The van der Waals surface area contributed by atoms with Crippen molar-refractivity contribution >= 4 is 30.7 Å². The van der Waals surface area contributed by atoms with E-state index in [2.05, 4.69) is 34.6 Å². The lowest BCUT2D eigenvalue weighted by atomic mass is 10.0. The Hall–Kier alpha value is -0.890. The topological polar surface area (TPSA) is 66.3 Å². The van der Waals surface area contributed by atoms with Crippen LogP contribution in [0.1, 0.15) is 42.2 Å². The fourth-order valence-electron chi connectivity index (χ4n) is 3.35. The maximum Gasteiger partial charge on any atom is 0.276 e. The molecule has 0 aliphatic carbocycles. The smallest absolute Gasteiger partial charge is 0.276 e. The third kappa shape index (κ3) is 4.81. The summed E-state index contributed by atoms with van der Waals surface area (Å²) >= 11 is 0. The second kappa shape index (κ2) is 9.56. The number of nitrogens with zero attached hydrogens (tertiary/aromatic N) is 5. The van der Waals surface area contributed by atoms with Gasteiger partial charge in [0.2, 0.25) is 0 Å². The van der Waals surface area contributed by atoms with Gasteiger partial charge in [-0.3, -0.25) is 4.79 Å². The molecule has 1 unspecified atom stereocenters. The number of carbonyl (C=O) groups excluding carboxylic acids is 1. The summed E-state index contributed by atoms with van der Waals surface area (Å²) in [7, 11) is 4.15. The van der Waals surface area contributed by atoms with Crippen molar-refractivity contribution in [3.8, 4) is 0 Å². The first-order valence-corrected chi connectivity index (χ1v) is 8.23. The number of rotatable bonds is 3. The average molecular weight is 379 g/mol. The first kappa shape index (κ1) is 21.2. The molecule has 7 nitrogen and oxygen atoms in total. The van der Waals surface area contributed by atoms with E-state index < -0.39 is 0 Å². The lowest BCUT2D eigenvalue weighted by molar-refractivity contribution is 0.0629. The minimum atomic E-state index is 0. The van der Waals surface area contributed by atoms with Gasteiger partial charge in [-0.1, -0.05) is 5.21 Å². The van der Waals surface area contributed by atoms with Crippen molar-refractivity contribution in [2.24, 2.45) is 0 Å². The van der Waals surface area contributed by atoms with Crippen LogP contribution in [0.2, 0.25) is 0 Å². The second-order valence-electron chi connectivity index (χ2n) is 6.58. The summed E-state index contributed by atoms with van der Waals surface area (Å²) in [6, 6.07) is 0.809. The number of piperidine rings is 2. The van der Waals surface area contributed by atoms with E-state index in [1.165, 1.54) is 0 Å². The number of likely N-dealkylation sites (tertiary alicyclic amines) is 1. The maximum atomic E-state index is 12.6. The van der Waals surface area contributed by atoms with Crippen LogP contribution in [-0.4, -0.2) is 77.0 Å². The van der Waals surface area contributed by atoms with Crippen molar-refractivity contribution in [1.29, 1.82) is 0 Å². The molecule has 0 bridgehead atoms. The molecule has 1 amide bonds. The Labute approximate surface area is 155 Å². The van der Waals surface area contributed by atoms with Crippen molar-refractivity contribution in [1.82, 2.24) is 30.1 Å². The molecule has 0 spiro atoms. The molecule has 3 rings (SSSR count). The van der Waals surface area contributed by atoms with Crippen LogP contribution in [0.5, 0.6) is 0 Å². The Kier molecular flexibility index (Phi) is 8.42. The van der Waals surface area contributed by atoms with E-state index in [-0.39, 0.29) is 30.7 Å². The average Bonchev–Trinajstić information content (AvgIpc) is 3.05. The van der Waals surface area contributed by atoms with Crippen LogP contribution >= 0.6 is 24.8 Å². The highest BCUT2D eigenvalue weighted by Crippen LogP contribution is 2.19. The van der Waals surface area contributed by atoms with Gasteiger partial charge in [-0.05, 0) is 52.9 Å². The standard InChI is InChI=1S/C15H26N6O.2ClH/c1-19(2)13-4-3-9-20(10-13)15(22)14-11-21(18-17-14)12-5-7-16-8-6-12;;/h11-13,16H,3-10H2,1-2H3;2*1H. The van der Waals surface area contributed by atoms with Crippen LogP contribution in [0.25, 0.3) is 0 Å². The number of carbonyl (C=O) groups is 1. The Morgan fingerprint density at radius 3 is 2.62 bits per heavy atom. The number of halogens is 2. The summed E-state index contributed by atoms with van der Waals surface area (Å²) in [5.74, 6) is 0.0201. The van der Waals surface area contributed by atoms with Crippen molar-refractivity contribution < 1.29 is 4.79 Å². The molecule has 1 aromatic heterocycles. The van der Waals surface area contributed by atoms with Crippen LogP contribution in [0.3, 0.4) is 0 Å². The molecule has 0 aromatic carbocycles. The molecule has 9 heteroatoms. The molecule has 0 radical (unpaired) electrons. The molecule has 0 saturated carbocycles. The number of hydrogen-bond donors (Lipinski definition) is 1. The number of nitrogens with one attached hydrogen (secondary N) is 1. The Bertz CT molecular complexity index is 518. The molecule has 24 heavy (non-hydrogen) atoms. The van der Waals surface area contributed by atoms with Crippen LogP contribution in [0.15, 0.2) is 6.20 Å². The van der Waals surface area contributed by atoms with E-state index in [0.717, 1.165) is 51.9 Å². The predicted octanol–water partition coefficient (Wildman–Crippen LogP) is 1.21. The van der Waals surface area contributed by atoms with Gasteiger partial charge in [0.15, 0.2) is 5.69 Å². The number of hydrogen-bond acceptors (Lipinski definition) is 5. The summed E-state index contributed by atoms with van der Waals surface area (Å²) in [5, 5.41) is 11.7. The van der Waals surface area contributed by atoms with Gasteiger partial charge in [-0.25, -0.2) is 4.68 Å². The largest absolute Gasteiger partial charge is 0.336 e. The zero-order valence-corrected chi connectivity index (χ0v) is 16.0.